The third-order valence-electron chi connectivity index (χ3n) is 3.83. The summed E-state index contributed by atoms with van der Waals surface area (Å²) in [6.07, 6.45) is 4.83. The predicted octanol–water partition coefficient (Wildman–Crippen LogP) is 5.63. The molecule has 0 unspecified atom stereocenters. The van der Waals surface area contributed by atoms with E-state index in [0.29, 0.717) is 0 Å². The van der Waals surface area contributed by atoms with E-state index in [-0.39, 0.29) is 0 Å². The molecule has 0 aromatic heterocycles. The van der Waals surface area contributed by atoms with Crippen LogP contribution in [-0.4, -0.2) is 0 Å². The van der Waals surface area contributed by atoms with Crippen LogP contribution in [-0.2, 0) is 0 Å². The summed E-state index contributed by atoms with van der Waals surface area (Å²) in [6.45, 7) is 8.65. The second-order valence-electron chi connectivity index (χ2n) is 5.28. The first-order valence-corrected chi connectivity index (χ1v) is 7.60. The monoisotopic (exact) mass is 264 g/mol. The van der Waals surface area contributed by atoms with Crippen molar-refractivity contribution < 1.29 is 0 Å². The van der Waals surface area contributed by atoms with E-state index in [1.165, 1.54) is 45.2 Å². The molecular formula is C20H24. The van der Waals surface area contributed by atoms with Crippen molar-refractivity contribution in [2.45, 2.75) is 40.5 Å². The van der Waals surface area contributed by atoms with E-state index >= 15 is 0 Å². The van der Waals surface area contributed by atoms with Crippen molar-refractivity contribution in [3.8, 4) is 0 Å². The molecular weight excluding hydrogens is 240 g/mol. The van der Waals surface area contributed by atoms with Crippen LogP contribution in [0.1, 0.15) is 39.2 Å². The third kappa shape index (κ3) is 2.70. The van der Waals surface area contributed by atoms with Crippen LogP contribution in [0.4, 0.5) is 0 Å². The molecule has 0 heteroatoms. The van der Waals surface area contributed by atoms with E-state index in [1.807, 2.05) is 0 Å². The molecule has 3 rings (SSSR count). The smallest absolute Gasteiger partial charge is 0.00303 e. The molecule has 3 aromatic rings. The van der Waals surface area contributed by atoms with E-state index in [0.717, 1.165) is 0 Å². The van der Waals surface area contributed by atoms with Gasteiger partial charge in [-0.15, -0.1) is 0 Å². The SMILES string of the molecule is C/C=c1/ccc2cccc3ccc(C)c1c32.CCCC. The Balaban J connectivity index is 0.000000328. The van der Waals surface area contributed by atoms with E-state index in [4.69, 9.17) is 0 Å². The molecule has 0 nitrogen and oxygen atoms in total. The number of unbranched alkanes of at least 4 members (excludes halogenated alkanes) is 1. The van der Waals surface area contributed by atoms with E-state index in [9.17, 15) is 0 Å². The van der Waals surface area contributed by atoms with Gasteiger partial charge in [0.25, 0.3) is 0 Å². The maximum Gasteiger partial charge on any atom is -0.00303 e. The molecule has 0 aliphatic rings. The van der Waals surface area contributed by atoms with Gasteiger partial charge in [-0.05, 0) is 46.2 Å². The minimum Gasteiger partial charge on any atom is -0.0798 e. The first-order valence-electron chi connectivity index (χ1n) is 7.60. The lowest BCUT2D eigenvalue weighted by Crippen LogP contribution is -2.02. The number of benzene rings is 3. The first kappa shape index (κ1) is 14.6. The molecule has 0 amide bonds. The number of hydrogen-bond donors (Lipinski definition) is 0. The highest BCUT2D eigenvalue weighted by atomic mass is 14.1. The molecule has 0 aliphatic carbocycles. The second-order valence-corrected chi connectivity index (χ2v) is 5.28. The van der Waals surface area contributed by atoms with Gasteiger partial charge in [0, 0.05) is 0 Å². The van der Waals surface area contributed by atoms with Crippen molar-refractivity contribution in [3.05, 3.63) is 53.2 Å². The van der Waals surface area contributed by atoms with Crippen molar-refractivity contribution in [2.75, 3.05) is 0 Å². The van der Waals surface area contributed by atoms with Gasteiger partial charge in [0.05, 0.1) is 0 Å². The Kier molecular flexibility index (Phi) is 4.79. The van der Waals surface area contributed by atoms with Crippen molar-refractivity contribution in [2.24, 2.45) is 0 Å². The van der Waals surface area contributed by atoms with Crippen molar-refractivity contribution in [1.29, 1.82) is 0 Å². The summed E-state index contributed by atoms with van der Waals surface area (Å²) in [5.74, 6) is 0. The molecule has 20 heavy (non-hydrogen) atoms. The van der Waals surface area contributed by atoms with Gasteiger partial charge in [-0.1, -0.05) is 75.2 Å². The highest BCUT2D eigenvalue weighted by molar-refractivity contribution is 6.11. The zero-order chi connectivity index (χ0) is 14.5. The van der Waals surface area contributed by atoms with Crippen LogP contribution in [0.5, 0.6) is 0 Å². The van der Waals surface area contributed by atoms with Crippen molar-refractivity contribution in [1.82, 2.24) is 0 Å². The average molecular weight is 264 g/mol. The lowest BCUT2D eigenvalue weighted by Gasteiger charge is -2.08. The molecule has 0 fully saturated rings. The lowest BCUT2D eigenvalue weighted by atomic mass is 9.96. The van der Waals surface area contributed by atoms with Crippen LogP contribution in [0, 0.1) is 6.92 Å². The molecule has 0 heterocycles. The standard InChI is InChI=1S/C16H14.C4H10/c1-3-12-9-10-14-6-4-5-13-8-7-11(2)15(12)16(13)14;1-3-4-2/h3-10H,1-2H3;3-4H2,1-2H3/b12-3-;. The van der Waals surface area contributed by atoms with Gasteiger partial charge in [0.15, 0.2) is 0 Å². The summed E-state index contributed by atoms with van der Waals surface area (Å²) < 4.78 is 0. The predicted molar refractivity (Wildman–Crippen MR) is 92.1 cm³/mol. The molecule has 104 valence electrons. The second kappa shape index (κ2) is 6.56. The molecule has 0 N–H and O–H groups in total. The van der Waals surface area contributed by atoms with Gasteiger partial charge in [-0.3, -0.25) is 0 Å². The van der Waals surface area contributed by atoms with Crippen molar-refractivity contribution >= 4 is 27.6 Å². The van der Waals surface area contributed by atoms with Crippen LogP contribution in [0.25, 0.3) is 27.6 Å². The Morgan fingerprint density at radius 2 is 1.40 bits per heavy atom. The summed E-state index contributed by atoms with van der Waals surface area (Å²) in [5.41, 5.74) is 1.36. The summed E-state index contributed by atoms with van der Waals surface area (Å²) in [4.78, 5) is 0. The summed E-state index contributed by atoms with van der Waals surface area (Å²) in [7, 11) is 0. The highest BCUT2D eigenvalue weighted by Gasteiger charge is 2.04. The molecule has 0 atom stereocenters. The zero-order valence-corrected chi connectivity index (χ0v) is 13.0. The molecule has 0 saturated heterocycles. The van der Waals surface area contributed by atoms with Crippen molar-refractivity contribution in [3.63, 3.8) is 0 Å². The van der Waals surface area contributed by atoms with Gasteiger partial charge in [0.2, 0.25) is 0 Å². The fraction of sp³-hybridized carbons (Fsp3) is 0.300. The van der Waals surface area contributed by atoms with E-state index < -0.39 is 0 Å². The van der Waals surface area contributed by atoms with Crippen LogP contribution < -0.4 is 5.22 Å². The fourth-order valence-corrected chi connectivity index (χ4v) is 2.53. The number of aryl methyl sites for hydroxylation is 1. The summed E-state index contributed by atoms with van der Waals surface area (Å²) >= 11 is 0. The highest BCUT2D eigenvalue weighted by Crippen LogP contribution is 2.26. The Labute approximate surface area is 122 Å². The van der Waals surface area contributed by atoms with Gasteiger partial charge >= 0.3 is 0 Å². The van der Waals surface area contributed by atoms with Gasteiger partial charge < -0.3 is 0 Å². The van der Waals surface area contributed by atoms with Crippen LogP contribution in [0.2, 0.25) is 0 Å². The lowest BCUT2D eigenvalue weighted by molar-refractivity contribution is 0.886. The normalized spacial score (nSPS) is 11.7. The fourth-order valence-electron chi connectivity index (χ4n) is 2.53. The summed E-state index contributed by atoms with van der Waals surface area (Å²) in [6, 6.07) is 15.4. The van der Waals surface area contributed by atoms with Crippen LogP contribution >= 0.6 is 0 Å². The van der Waals surface area contributed by atoms with Gasteiger partial charge in [0.1, 0.15) is 0 Å². The number of rotatable bonds is 1. The number of hydrogen-bond acceptors (Lipinski definition) is 0. The molecule has 0 aliphatic heterocycles. The minimum atomic E-state index is 1.32. The molecule has 0 bridgehead atoms. The Hall–Kier alpha value is -1.82. The third-order valence-corrected chi connectivity index (χ3v) is 3.83. The minimum absolute atomic E-state index is 1.32. The summed E-state index contributed by atoms with van der Waals surface area (Å²) in [5, 5.41) is 6.81. The van der Waals surface area contributed by atoms with E-state index in [1.54, 1.807) is 0 Å². The molecule has 0 spiro atoms. The molecule has 3 aromatic carbocycles. The van der Waals surface area contributed by atoms with Crippen LogP contribution in [0.3, 0.4) is 0 Å². The van der Waals surface area contributed by atoms with Gasteiger partial charge in [-0.2, -0.15) is 0 Å². The average Bonchev–Trinajstić information content (AvgIpc) is 2.51. The van der Waals surface area contributed by atoms with Crippen LogP contribution in [0.15, 0.2) is 42.5 Å². The maximum atomic E-state index is 2.21. The Morgan fingerprint density at radius 1 is 0.800 bits per heavy atom. The zero-order valence-electron chi connectivity index (χ0n) is 13.0. The van der Waals surface area contributed by atoms with Gasteiger partial charge in [-0.25, -0.2) is 0 Å². The Morgan fingerprint density at radius 3 is 1.95 bits per heavy atom. The Bertz CT molecular complexity index is 733. The quantitative estimate of drug-likeness (QED) is 0.534. The van der Waals surface area contributed by atoms with E-state index in [2.05, 4.69) is 76.2 Å². The topological polar surface area (TPSA) is 0 Å². The molecule has 0 saturated carbocycles. The largest absolute Gasteiger partial charge is 0.0798 e. The molecule has 0 radical (unpaired) electrons. The first-order chi connectivity index (χ1) is 9.72. The maximum absolute atomic E-state index is 2.21.